The summed E-state index contributed by atoms with van der Waals surface area (Å²) < 4.78 is 12.6. The number of aliphatic hydroxyl groups excluding tert-OH is 1. The van der Waals surface area contributed by atoms with Crippen LogP contribution in [0.5, 0.6) is 0 Å². The first-order chi connectivity index (χ1) is 9.72. The van der Waals surface area contributed by atoms with Crippen LogP contribution in [0.2, 0.25) is 0 Å². The normalized spacial score (nSPS) is 58.4. The average molecular weight is 294 g/mol. The standard InChI is InChI=1S/C18H30O3/c1-15(2)12-6-10-18-11-20-17(4,21-18)9-5-13(18)16(12,3)8-7-14(15)19/h12-14,19H,5-11H2,1-4H3/t12?,13-,14-,16+,17+,18+/m1/s1. The number of rotatable bonds is 0. The quantitative estimate of drug-likeness (QED) is 0.743. The van der Waals surface area contributed by atoms with Crippen LogP contribution in [0, 0.1) is 22.7 Å². The molecule has 2 aliphatic heterocycles. The van der Waals surface area contributed by atoms with Crippen LogP contribution in [0.3, 0.4) is 0 Å². The Balaban J connectivity index is 1.73. The highest BCUT2D eigenvalue weighted by atomic mass is 16.8. The summed E-state index contributed by atoms with van der Waals surface area (Å²) >= 11 is 0. The van der Waals surface area contributed by atoms with Crippen LogP contribution < -0.4 is 0 Å². The molecule has 2 bridgehead atoms. The second-order valence-electron chi connectivity index (χ2n) is 9.15. The second-order valence-corrected chi connectivity index (χ2v) is 9.15. The molecule has 4 fully saturated rings. The van der Waals surface area contributed by atoms with Crippen molar-refractivity contribution in [3.05, 3.63) is 0 Å². The molecule has 0 aromatic rings. The Labute approximate surface area is 128 Å². The molecule has 2 aliphatic carbocycles. The van der Waals surface area contributed by atoms with Gasteiger partial charge in [0.05, 0.1) is 18.3 Å². The molecule has 1 spiro atoms. The topological polar surface area (TPSA) is 38.7 Å². The zero-order valence-electron chi connectivity index (χ0n) is 13.9. The maximum Gasteiger partial charge on any atom is 0.166 e. The molecule has 1 N–H and O–H groups in total. The monoisotopic (exact) mass is 294 g/mol. The van der Waals surface area contributed by atoms with Crippen molar-refractivity contribution in [3.8, 4) is 0 Å². The second kappa shape index (κ2) is 4.04. The number of hydrogen-bond donors (Lipinski definition) is 1. The summed E-state index contributed by atoms with van der Waals surface area (Å²) in [6.07, 6.45) is 6.42. The maximum absolute atomic E-state index is 10.5. The fourth-order valence-electron chi connectivity index (χ4n) is 6.54. The van der Waals surface area contributed by atoms with Crippen molar-refractivity contribution >= 4 is 0 Å². The molecule has 2 saturated carbocycles. The van der Waals surface area contributed by atoms with Crippen molar-refractivity contribution in [2.75, 3.05) is 6.61 Å². The van der Waals surface area contributed by atoms with E-state index in [0.717, 1.165) is 38.7 Å². The zero-order valence-corrected chi connectivity index (χ0v) is 13.9. The molecule has 3 nitrogen and oxygen atoms in total. The lowest BCUT2D eigenvalue weighted by atomic mass is 9.44. The van der Waals surface area contributed by atoms with Gasteiger partial charge in [-0.15, -0.1) is 0 Å². The minimum absolute atomic E-state index is 0.0226. The van der Waals surface area contributed by atoms with Gasteiger partial charge in [0.1, 0.15) is 0 Å². The third-order valence-electron chi connectivity index (χ3n) is 7.72. The van der Waals surface area contributed by atoms with Crippen LogP contribution in [-0.4, -0.2) is 29.2 Å². The van der Waals surface area contributed by atoms with Crippen LogP contribution in [0.15, 0.2) is 0 Å². The van der Waals surface area contributed by atoms with Gasteiger partial charge in [-0.3, -0.25) is 0 Å². The predicted octanol–water partition coefficient (Wildman–Crippen LogP) is 3.50. The van der Waals surface area contributed by atoms with E-state index in [9.17, 15) is 5.11 Å². The van der Waals surface area contributed by atoms with Crippen molar-refractivity contribution in [1.82, 2.24) is 0 Å². The molecule has 2 saturated heterocycles. The van der Waals surface area contributed by atoms with E-state index in [1.54, 1.807) is 0 Å². The number of hydrogen-bond acceptors (Lipinski definition) is 3. The highest BCUT2D eigenvalue weighted by Gasteiger charge is 2.67. The van der Waals surface area contributed by atoms with Gasteiger partial charge < -0.3 is 14.6 Å². The van der Waals surface area contributed by atoms with E-state index in [-0.39, 0.29) is 28.3 Å². The zero-order chi connectivity index (χ0) is 15.1. The fourth-order valence-corrected chi connectivity index (χ4v) is 6.54. The molecule has 21 heavy (non-hydrogen) atoms. The minimum atomic E-state index is -0.330. The maximum atomic E-state index is 10.5. The van der Waals surface area contributed by atoms with Crippen molar-refractivity contribution < 1.29 is 14.6 Å². The lowest BCUT2D eigenvalue weighted by Gasteiger charge is -2.64. The van der Waals surface area contributed by atoms with E-state index in [1.165, 1.54) is 6.42 Å². The van der Waals surface area contributed by atoms with Crippen molar-refractivity contribution in [2.45, 2.75) is 83.7 Å². The first kappa shape index (κ1) is 14.5. The largest absolute Gasteiger partial charge is 0.393 e. The fraction of sp³-hybridized carbons (Fsp3) is 1.00. The lowest BCUT2D eigenvalue weighted by Crippen LogP contribution is -2.63. The van der Waals surface area contributed by atoms with E-state index in [0.29, 0.717) is 11.8 Å². The molecule has 4 rings (SSSR count). The van der Waals surface area contributed by atoms with Crippen molar-refractivity contribution in [3.63, 3.8) is 0 Å². The van der Waals surface area contributed by atoms with Crippen LogP contribution in [0.4, 0.5) is 0 Å². The first-order valence-electron chi connectivity index (χ1n) is 8.74. The molecule has 6 atom stereocenters. The molecule has 3 heteroatoms. The first-order valence-corrected chi connectivity index (χ1v) is 8.74. The van der Waals surface area contributed by atoms with Gasteiger partial charge in [0.15, 0.2) is 5.79 Å². The molecule has 4 aliphatic rings. The van der Waals surface area contributed by atoms with Crippen molar-refractivity contribution in [2.24, 2.45) is 22.7 Å². The Hall–Kier alpha value is -0.120. The molecule has 2 heterocycles. The summed E-state index contributed by atoms with van der Waals surface area (Å²) in [7, 11) is 0. The molecule has 0 amide bonds. The van der Waals surface area contributed by atoms with Gasteiger partial charge >= 0.3 is 0 Å². The molecule has 0 radical (unpaired) electrons. The van der Waals surface area contributed by atoms with Gasteiger partial charge in [-0.25, -0.2) is 0 Å². The van der Waals surface area contributed by atoms with Crippen LogP contribution in [-0.2, 0) is 9.47 Å². The van der Waals surface area contributed by atoms with Crippen LogP contribution >= 0.6 is 0 Å². The van der Waals surface area contributed by atoms with E-state index in [4.69, 9.17) is 9.47 Å². The minimum Gasteiger partial charge on any atom is -0.393 e. The average Bonchev–Trinajstić information content (AvgIpc) is 2.65. The van der Waals surface area contributed by atoms with Gasteiger partial charge in [0.25, 0.3) is 0 Å². The summed E-state index contributed by atoms with van der Waals surface area (Å²) in [4.78, 5) is 0. The third-order valence-corrected chi connectivity index (χ3v) is 7.72. The highest BCUT2D eigenvalue weighted by Crippen LogP contribution is 2.67. The van der Waals surface area contributed by atoms with Gasteiger partial charge in [-0.05, 0) is 61.7 Å². The van der Waals surface area contributed by atoms with Gasteiger partial charge in [0, 0.05) is 6.42 Å². The Bertz CT molecular complexity index is 461. The number of ether oxygens (including phenoxy) is 2. The van der Waals surface area contributed by atoms with E-state index in [2.05, 4.69) is 27.7 Å². The summed E-state index contributed by atoms with van der Waals surface area (Å²) in [5.41, 5.74) is 0.265. The molecular formula is C18H30O3. The lowest BCUT2D eigenvalue weighted by molar-refractivity contribution is -0.267. The van der Waals surface area contributed by atoms with E-state index in [1.807, 2.05) is 0 Å². The predicted molar refractivity (Wildman–Crippen MR) is 80.7 cm³/mol. The van der Waals surface area contributed by atoms with Gasteiger partial charge in [-0.1, -0.05) is 20.8 Å². The third kappa shape index (κ3) is 1.71. The van der Waals surface area contributed by atoms with E-state index >= 15 is 0 Å². The highest BCUT2D eigenvalue weighted by molar-refractivity contribution is 5.14. The smallest absolute Gasteiger partial charge is 0.166 e. The Morgan fingerprint density at radius 1 is 0.905 bits per heavy atom. The molecule has 0 aromatic carbocycles. The van der Waals surface area contributed by atoms with Crippen LogP contribution in [0.1, 0.15) is 66.2 Å². The van der Waals surface area contributed by atoms with E-state index < -0.39 is 0 Å². The van der Waals surface area contributed by atoms with Gasteiger partial charge in [-0.2, -0.15) is 0 Å². The SMILES string of the molecule is CC1(C)C2CC[C@]34CO[C@](C)(CC[C@@H]3[C@@]2(C)CC[C@H]1O)O4. The molecule has 120 valence electrons. The Morgan fingerprint density at radius 3 is 2.38 bits per heavy atom. The Kier molecular flexibility index (Phi) is 2.78. The molecular weight excluding hydrogens is 264 g/mol. The summed E-state index contributed by atoms with van der Waals surface area (Å²) in [5, 5.41) is 10.5. The Morgan fingerprint density at radius 2 is 1.62 bits per heavy atom. The summed E-state index contributed by atoms with van der Waals surface area (Å²) in [6, 6.07) is 0. The van der Waals surface area contributed by atoms with Gasteiger partial charge in [0.2, 0.25) is 0 Å². The summed E-state index contributed by atoms with van der Waals surface area (Å²) in [5.74, 6) is 0.854. The number of fused-ring (bicyclic) bond motifs is 3. The summed E-state index contributed by atoms with van der Waals surface area (Å²) in [6.45, 7) is 9.91. The van der Waals surface area contributed by atoms with Crippen LogP contribution in [0.25, 0.3) is 0 Å². The van der Waals surface area contributed by atoms with Crippen molar-refractivity contribution in [1.29, 1.82) is 0 Å². The molecule has 1 unspecified atom stereocenters. The molecule has 0 aromatic heterocycles. The number of aliphatic hydroxyl groups is 1.